The molecule has 3 amide bonds. The second-order valence-corrected chi connectivity index (χ2v) is 7.68. The van der Waals surface area contributed by atoms with Gasteiger partial charge in [-0.15, -0.1) is 0 Å². The standard InChI is InChI=1S/C20H26N4O2S/c1-15-11-16(2)13-18(12-15)22-20(26)21-4-5-23-6-8-24(9-7-23)19(25)17-3-10-27-14-17/h3,10-14H,4-9H2,1-2H3,(H2,21,22,26). The van der Waals surface area contributed by atoms with Gasteiger partial charge in [-0.2, -0.15) is 11.3 Å². The van der Waals surface area contributed by atoms with Crippen LogP contribution in [0.3, 0.4) is 0 Å². The molecule has 3 rings (SSSR count). The van der Waals surface area contributed by atoms with Gasteiger partial charge in [-0.25, -0.2) is 4.79 Å². The Balaban J connectivity index is 1.36. The number of anilines is 1. The monoisotopic (exact) mass is 386 g/mol. The third kappa shape index (κ3) is 5.55. The first kappa shape index (κ1) is 19.4. The smallest absolute Gasteiger partial charge is 0.319 e. The fourth-order valence-corrected chi connectivity index (χ4v) is 3.92. The average Bonchev–Trinajstić information content (AvgIpc) is 3.15. The molecule has 0 spiro atoms. The minimum absolute atomic E-state index is 0.113. The first-order valence-electron chi connectivity index (χ1n) is 9.18. The lowest BCUT2D eigenvalue weighted by atomic mass is 10.1. The van der Waals surface area contributed by atoms with Gasteiger partial charge in [0.05, 0.1) is 5.56 Å². The van der Waals surface area contributed by atoms with Crippen molar-refractivity contribution in [2.24, 2.45) is 0 Å². The Labute approximate surface area is 164 Å². The van der Waals surface area contributed by atoms with Crippen molar-refractivity contribution in [3.63, 3.8) is 0 Å². The number of carbonyl (C=O) groups is 2. The maximum Gasteiger partial charge on any atom is 0.319 e. The Morgan fingerprint density at radius 1 is 1.07 bits per heavy atom. The van der Waals surface area contributed by atoms with Crippen molar-refractivity contribution in [3.8, 4) is 0 Å². The molecule has 0 unspecified atom stereocenters. The van der Waals surface area contributed by atoms with E-state index in [2.05, 4.69) is 21.6 Å². The predicted molar refractivity (Wildman–Crippen MR) is 110 cm³/mol. The van der Waals surface area contributed by atoms with Crippen molar-refractivity contribution in [1.29, 1.82) is 0 Å². The summed E-state index contributed by atoms with van der Waals surface area (Å²) in [5, 5.41) is 9.61. The summed E-state index contributed by atoms with van der Waals surface area (Å²) < 4.78 is 0. The number of thiophene rings is 1. The summed E-state index contributed by atoms with van der Waals surface area (Å²) in [6.45, 7) is 8.49. The SMILES string of the molecule is Cc1cc(C)cc(NC(=O)NCCN2CCN(C(=O)c3ccsc3)CC2)c1. The number of rotatable bonds is 5. The molecule has 0 saturated carbocycles. The Hall–Kier alpha value is -2.38. The van der Waals surface area contributed by atoms with Crippen molar-refractivity contribution in [2.45, 2.75) is 13.8 Å². The summed E-state index contributed by atoms with van der Waals surface area (Å²) in [7, 11) is 0. The molecule has 2 heterocycles. The molecule has 2 N–H and O–H groups in total. The van der Waals surface area contributed by atoms with E-state index in [1.54, 1.807) is 11.3 Å². The number of benzene rings is 1. The van der Waals surface area contributed by atoms with Crippen LogP contribution in [0, 0.1) is 13.8 Å². The third-order valence-electron chi connectivity index (χ3n) is 4.62. The molecule has 1 saturated heterocycles. The van der Waals surface area contributed by atoms with Gasteiger partial charge in [-0.3, -0.25) is 9.69 Å². The zero-order valence-corrected chi connectivity index (χ0v) is 16.6. The van der Waals surface area contributed by atoms with Crippen molar-refractivity contribution in [1.82, 2.24) is 15.1 Å². The lowest BCUT2D eigenvalue weighted by molar-refractivity contribution is 0.0640. The van der Waals surface area contributed by atoms with Gasteiger partial charge in [0.25, 0.3) is 5.91 Å². The second kappa shape index (κ2) is 9.01. The van der Waals surface area contributed by atoms with Crippen LogP contribution in [0.5, 0.6) is 0 Å². The zero-order chi connectivity index (χ0) is 19.2. The number of carbonyl (C=O) groups excluding carboxylic acids is 2. The number of piperazine rings is 1. The molecule has 1 aliphatic heterocycles. The van der Waals surface area contributed by atoms with Gasteiger partial charge in [0.15, 0.2) is 0 Å². The number of nitrogens with zero attached hydrogens (tertiary/aromatic N) is 2. The van der Waals surface area contributed by atoms with Crippen LogP contribution in [0.1, 0.15) is 21.5 Å². The Morgan fingerprint density at radius 2 is 1.78 bits per heavy atom. The van der Waals surface area contributed by atoms with E-state index in [-0.39, 0.29) is 11.9 Å². The summed E-state index contributed by atoms with van der Waals surface area (Å²) in [6.07, 6.45) is 0. The van der Waals surface area contributed by atoms with Gasteiger partial charge in [-0.1, -0.05) is 6.07 Å². The third-order valence-corrected chi connectivity index (χ3v) is 5.30. The summed E-state index contributed by atoms with van der Waals surface area (Å²) in [4.78, 5) is 28.6. The van der Waals surface area contributed by atoms with Crippen LogP contribution in [-0.4, -0.2) is 61.0 Å². The van der Waals surface area contributed by atoms with E-state index in [1.165, 1.54) is 0 Å². The quantitative estimate of drug-likeness (QED) is 0.830. The van der Waals surface area contributed by atoms with Gasteiger partial charge in [0.2, 0.25) is 0 Å². The van der Waals surface area contributed by atoms with Crippen LogP contribution in [0.25, 0.3) is 0 Å². The number of nitrogens with one attached hydrogen (secondary N) is 2. The number of hydrogen-bond acceptors (Lipinski definition) is 4. The minimum atomic E-state index is -0.189. The summed E-state index contributed by atoms with van der Waals surface area (Å²) in [5.74, 6) is 0.113. The van der Waals surface area contributed by atoms with Gasteiger partial charge in [0.1, 0.15) is 0 Å². The highest BCUT2D eigenvalue weighted by Crippen LogP contribution is 2.14. The van der Waals surface area contributed by atoms with Gasteiger partial charge in [-0.05, 0) is 48.6 Å². The average molecular weight is 387 g/mol. The Bertz CT molecular complexity index is 763. The first-order chi connectivity index (χ1) is 13.0. The molecule has 2 aromatic rings. The molecule has 0 radical (unpaired) electrons. The van der Waals surface area contributed by atoms with Crippen molar-refractivity contribution < 1.29 is 9.59 Å². The van der Waals surface area contributed by atoms with E-state index in [0.29, 0.717) is 6.54 Å². The number of hydrogen-bond donors (Lipinski definition) is 2. The minimum Gasteiger partial charge on any atom is -0.337 e. The van der Waals surface area contributed by atoms with E-state index in [1.807, 2.05) is 47.7 Å². The highest BCUT2D eigenvalue weighted by Gasteiger charge is 2.22. The maximum absolute atomic E-state index is 12.3. The largest absolute Gasteiger partial charge is 0.337 e. The van der Waals surface area contributed by atoms with E-state index in [4.69, 9.17) is 0 Å². The molecule has 27 heavy (non-hydrogen) atoms. The van der Waals surface area contributed by atoms with Crippen LogP contribution >= 0.6 is 11.3 Å². The molecule has 0 bridgehead atoms. The summed E-state index contributed by atoms with van der Waals surface area (Å²) in [5.41, 5.74) is 3.84. The van der Waals surface area contributed by atoms with Crippen LogP contribution in [0.15, 0.2) is 35.0 Å². The molecule has 7 heteroatoms. The van der Waals surface area contributed by atoms with Crippen molar-refractivity contribution in [2.75, 3.05) is 44.6 Å². The number of aryl methyl sites for hydroxylation is 2. The number of amides is 3. The predicted octanol–water partition coefficient (Wildman–Crippen LogP) is 2.94. The number of urea groups is 1. The molecule has 144 valence electrons. The topological polar surface area (TPSA) is 64.7 Å². The van der Waals surface area contributed by atoms with Crippen molar-refractivity contribution >= 4 is 29.0 Å². The zero-order valence-electron chi connectivity index (χ0n) is 15.8. The fraction of sp³-hybridized carbons (Fsp3) is 0.400. The van der Waals surface area contributed by atoms with E-state index in [0.717, 1.165) is 55.1 Å². The molecular formula is C20H26N4O2S. The molecule has 0 atom stereocenters. The van der Waals surface area contributed by atoms with E-state index >= 15 is 0 Å². The molecule has 6 nitrogen and oxygen atoms in total. The molecule has 1 aliphatic rings. The molecular weight excluding hydrogens is 360 g/mol. The first-order valence-corrected chi connectivity index (χ1v) is 10.1. The summed E-state index contributed by atoms with van der Waals surface area (Å²) >= 11 is 1.54. The maximum atomic E-state index is 12.3. The van der Waals surface area contributed by atoms with Gasteiger partial charge >= 0.3 is 6.03 Å². The van der Waals surface area contributed by atoms with Gasteiger partial charge in [0, 0.05) is 50.3 Å². The molecule has 1 aromatic carbocycles. The molecule has 0 aliphatic carbocycles. The van der Waals surface area contributed by atoms with Crippen LogP contribution in [0.2, 0.25) is 0 Å². The molecule has 1 fully saturated rings. The highest BCUT2D eigenvalue weighted by molar-refractivity contribution is 7.08. The van der Waals surface area contributed by atoms with Crippen LogP contribution in [-0.2, 0) is 0 Å². The highest BCUT2D eigenvalue weighted by atomic mass is 32.1. The normalized spacial score (nSPS) is 14.8. The Kier molecular flexibility index (Phi) is 6.47. The molecule has 1 aromatic heterocycles. The fourth-order valence-electron chi connectivity index (χ4n) is 3.29. The Morgan fingerprint density at radius 3 is 2.41 bits per heavy atom. The van der Waals surface area contributed by atoms with Gasteiger partial charge < -0.3 is 15.5 Å². The lowest BCUT2D eigenvalue weighted by Gasteiger charge is -2.34. The lowest BCUT2D eigenvalue weighted by Crippen LogP contribution is -2.50. The van der Waals surface area contributed by atoms with E-state index < -0.39 is 0 Å². The van der Waals surface area contributed by atoms with E-state index in [9.17, 15) is 9.59 Å². The van der Waals surface area contributed by atoms with Crippen LogP contribution in [0.4, 0.5) is 10.5 Å². The van der Waals surface area contributed by atoms with Crippen LogP contribution < -0.4 is 10.6 Å². The second-order valence-electron chi connectivity index (χ2n) is 6.90. The van der Waals surface area contributed by atoms with Crippen molar-refractivity contribution in [3.05, 3.63) is 51.7 Å². The summed E-state index contributed by atoms with van der Waals surface area (Å²) in [6, 6.07) is 7.67.